The standard InChI is InChI=1S/C14H23N3O2.ClH/c1-2-11-12(18)16-7-8-17(11)13(19)10-9-14(10)3-5-15-6-4-14;/h10-11,15H,2-9H2,1H3,(H,16,18);1H. The molecule has 2 amide bonds. The normalized spacial score (nSPS) is 31.4. The molecule has 0 aromatic carbocycles. The Balaban J connectivity index is 0.00000147. The Morgan fingerprint density at radius 3 is 2.70 bits per heavy atom. The van der Waals surface area contributed by atoms with Gasteiger partial charge in [0.25, 0.3) is 0 Å². The molecule has 5 nitrogen and oxygen atoms in total. The van der Waals surface area contributed by atoms with Crippen LogP contribution >= 0.6 is 12.4 Å². The van der Waals surface area contributed by atoms with Crippen molar-refractivity contribution in [2.75, 3.05) is 26.2 Å². The molecule has 3 aliphatic rings. The summed E-state index contributed by atoms with van der Waals surface area (Å²) in [7, 11) is 0. The van der Waals surface area contributed by atoms with Gasteiger partial charge < -0.3 is 15.5 Å². The van der Waals surface area contributed by atoms with Crippen molar-refractivity contribution >= 4 is 24.2 Å². The van der Waals surface area contributed by atoms with Gasteiger partial charge in [-0.3, -0.25) is 9.59 Å². The van der Waals surface area contributed by atoms with Gasteiger partial charge in [-0.05, 0) is 44.2 Å². The van der Waals surface area contributed by atoms with Crippen LogP contribution in [0.3, 0.4) is 0 Å². The van der Waals surface area contributed by atoms with Crippen molar-refractivity contribution in [3.63, 3.8) is 0 Å². The van der Waals surface area contributed by atoms with Gasteiger partial charge in [-0.2, -0.15) is 0 Å². The van der Waals surface area contributed by atoms with E-state index in [2.05, 4.69) is 10.6 Å². The molecular formula is C14H24ClN3O2. The van der Waals surface area contributed by atoms with E-state index in [1.54, 1.807) is 0 Å². The van der Waals surface area contributed by atoms with Crippen LogP contribution in [0.25, 0.3) is 0 Å². The maximum Gasteiger partial charge on any atom is 0.242 e. The molecule has 2 heterocycles. The van der Waals surface area contributed by atoms with Crippen LogP contribution < -0.4 is 10.6 Å². The number of piperidine rings is 1. The van der Waals surface area contributed by atoms with Gasteiger partial charge in [0.15, 0.2) is 0 Å². The first kappa shape index (κ1) is 15.6. The average Bonchev–Trinajstić information content (AvgIpc) is 3.12. The predicted molar refractivity (Wildman–Crippen MR) is 78.7 cm³/mol. The lowest BCUT2D eigenvalue weighted by Gasteiger charge is -2.35. The van der Waals surface area contributed by atoms with E-state index in [9.17, 15) is 9.59 Å². The molecule has 3 fully saturated rings. The first-order valence-electron chi connectivity index (χ1n) is 7.47. The first-order valence-corrected chi connectivity index (χ1v) is 7.47. The summed E-state index contributed by atoms with van der Waals surface area (Å²) in [6.45, 7) is 5.31. The fourth-order valence-electron chi connectivity index (χ4n) is 3.76. The van der Waals surface area contributed by atoms with E-state index in [4.69, 9.17) is 0 Å². The van der Waals surface area contributed by atoms with Gasteiger partial charge in [0, 0.05) is 19.0 Å². The number of hydrogen-bond acceptors (Lipinski definition) is 3. The van der Waals surface area contributed by atoms with Crippen LogP contribution in [0.5, 0.6) is 0 Å². The lowest BCUT2D eigenvalue weighted by molar-refractivity contribution is -0.145. The highest BCUT2D eigenvalue weighted by Crippen LogP contribution is 2.59. The second kappa shape index (κ2) is 5.90. The number of halogens is 1. The second-order valence-corrected chi connectivity index (χ2v) is 6.12. The number of nitrogens with one attached hydrogen (secondary N) is 2. The summed E-state index contributed by atoms with van der Waals surface area (Å²) in [6.07, 6.45) is 3.96. The minimum absolute atomic E-state index is 0. The first-order chi connectivity index (χ1) is 9.18. The molecule has 1 saturated carbocycles. The lowest BCUT2D eigenvalue weighted by Crippen LogP contribution is -2.57. The van der Waals surface area contributed by atoms with E-state index >= 15 is 0 Å². The van der Waals surface area contributed by atoms with Gasteiger partial charge in [-0.25, -0.2) is 0 Å². The summed E-state index contributed by atoms with van der Waals surface area (Å²) < 4.78 is 0. The minimum atomic E-state index is -0.249. The van der Waals surface area contributed by atoms with Gasteiger partial charge in [0.05, 0.1) is 0 Å². The van der Waals surface area contributed by atoms with Gasteiger partial charge in [0.2, 0.25) is 11.8 Å². The zero-order valence-electron chi connectivity index (χ0n) is 12.0. The maximum atomic E-state index is 12.7. The molecule has 20 heavy (non-hydrogen) atoms. The highest BCUT2D eigenvalue weighted by Gasteiger charge is 2.59. The smallest absolute Gasteiger partial charge is 0.242 e. The fraction of sp³-hybridized carbons (Fsp3) is 0.857. The Hall–Kier alpha value is -0.810. The minimum Gasteiger partial charge on any atom is -0.353 e. The number of rotatable bonds is 2. The van der Waals surface area contributed by atoms with Crippen LogP contribution in [0.2, 0.25) is 0 Å². The summed E-state index contributed by atoms with van der Waals surface area (Å²) >= 11 is 0. The molecule has 3 rings (SSSR count). The Labute approximate surface area is 126 Å². The summed E-state index contributed by atoms with van der Waals surface area (Å²) in [4.78, 5) is 26.3. The molecule has 114 valence electrons. The van der Waals surface area contributed by atoms with E-state index in [1.807, 2.05) is 11.8 Å². The SMILES string of the molecule is CCC1C(=O)NCCN1C(=O)C1CC12CCNCC2.Cl. The Morgan fingerprint density at radius 2 is 2.05 bits per heavy atom. The summed E-state index contributed by atoms with van der Waals surface area (Å²) in [5, 5.41) is 6.21. The molecule has 0 aromatic heterocycles. The van der Waals surface area contributed by atoms with Crippen LogP contribution in [-0.2, 0) is 9.59 Å². The molecule has 1 spiro atoms. The van der Waals surface area contributed by atoms with Gasteiger partial charge in [-0.15, -0.1) is 12.4 Å². The Morgan fingerprint density at radius 1 is 1.35 bits per heavy atom. The summed E-state index contributed by atoms with van der Waals surface area (Å²) in [5.41, 5.74) is 0.258. The molecule has 2 atom stereocenters. The summed E-state index contributed by atoms with van der Waals surface area (Å²) in [5.74, 6) is 0.417. The van der Waals surface area contributed by atoms with E-state index in [1.165, 1.54) is 0 Å². The number of piperazine rings is 1. The number of carbonyl (C=O) groups excluding carboxylic acids is 2. The zero-order chi connectivity index (χ0) is 13.5. The van der Waals surface area contributed by atoms with Crippen molar-refractivity contribution in [1.82, 2.24) is 15.5 Å². The van der Waals surface area contributed by atoms with Crippen LogP contribution in [0.15, 0.2) is 0 Å². The fourth-order valence-corrected chi connectivity index (χ4v) is 3.76. The third kappa shape index (κ3) is 2.53. The maximum absolute atomic E-state index is 12.7. The monoisotopic (exact) mass is 301 g/mol. The predicted octanol–water partition coefficient (Wildman–Crippen LogP) is 0.535. The van der Waals surface area contributed by atoms with E-state index in [-0.39, 0.29) is 41.6 Å². The Bertz CT molecular complexity index is 396. The van der Waals surface area contributed by atoms with Gasteiger partial charge in [-0.1, -0.05) is 6.92 Å². The second-order valence-electron chi connectivity index (χ2n) is 6.12. The molecule has 2 N–H and O–H groups in total. The average molecular weight is 302 g/mol. The van der Waals surface area contributed by atoms with Crippen molar-refractivity contribution in [1.29, 1.82) is 0 Å². The zero-order valence-corrected chi connectivity index (χ0v) is 12.8. The van der Waals surface area contributed by atoms with Crippen LogP contribution in [0.1, 0.15) is 32.6 Å². The van der Waals surface area contributed by atoms with Crippen molar-refractivity contribution < 1.29 is 9.59 Å². The van der Waals surface area contributed by atoms with Crippen molar-refractivity contribution in [2.45, 2.75) is 38.6 Å². The molecule has 0 aromatic rings. The van der Waals surface area contributed by atoms with Crippen molar-refractivity contribution in [2.24, 2.45) is 11.3 Å². The largest absolute Gasteiger partial charge is 0.353 e. The topological polar surface area (TPSA) is 61.4 Å². The van der Waals surface area contributed by atoms with Crippen LogP contribution in [0.4, 0.5) is 0 Å². The molecule has 1 aliphatic carbocycles. The summed E-state index contributed by atoms with van der Waals surface area (Å²) in [6, 6.07) is -0.249. The number of carbonyl (C=O) groups is 2. The van der Waals surface area contributed by atoms with Crippen LogP contribution in [0, 0.1) is 11.3 Å². The highest BCUT2D eigenvalue weighted by molar-refractivity contribution is 5.91. The highest BCUT2D eigenvalue weighted by atomic mass is 35.5. The number of nitrogens with zero attached hydrogens (tertiary/aromatic N) is 1. The molecule has 2 saturated heterocycles. The van der Waals surface area contributed by atoms with E-state index < -0.39 is 0 Å². The van der Waals surface area contributed by atoms with Crippen LogP contribution in [-0.4, -0.2) is 48.9 Å². The molecule has 0 bridgehead atoms. The third-order valence-corrected chi connectivity index (χ3v) is 5.09. The molecule has 2 aliphatic heterocycles. The van der Waals surface area contributed by atoms with Crippen molar-refractivity contribution in [3.05, 3.63) is 0 Å². The lowest BCUT2D eigenvalue weighted by atomic mass is 9.91. The molecule has 0 radical (unpaired) electrons. The quantitative estimate of drug-likeness (QED) is 0.782. The van der Waals surface area contributed by atoms with Gasteiger partial charge in [0.1, 0.15) is 6.04 Å². The van der Waals surface area contributed by atoms with Crippen molar-refractivity contribution in [3.8, 4) is 0 Å². The molecule has 2 unspecified atom stereocenters. The Kier molecular flexibility index (Phi) is 4.59. The molecule has 6 heteroatoms. The van der Waals surface area contributed by atoms with Gasteiger partial charge >= 0.3 is 0 Å². The number of amides is 2. The van der Waals surface area contributed by atoms with E-state index in [0.717, 1.165) is 32.4 Å². The molecular weight excluding hydrogens is 278 g/mol. The third-order valence-electron chi connectivity index (χ3n) is 5.09. The number of hydrogen-bond donors (Lipinski definition) is 2. The van der Waals surface area contributed by atoms with E-state index in [0.29, 0.717) is 19.5 Å².